The van der Waals surface area contributed by atoms with Crippen molar-refractivity contribution in [3.8, 4) is 0 Å². The van der Waals surface area contributed by atoms with Gasteiger partial charge in [0.25, 0.3) is 0 Å². The third-order valence-electron chi connectivity index (χ3n) is 7.00. The summed E-state index contributed by atoms with van der Waals surface area (Å²) in [5.74, 6) is 0. The standard InChI is InChI=1S/C18H34N2/c1-2-20(16-7-3-4-8-16)18(15-19)13-11-17(12-14-18)9-5-6-10-17/h16H,2-15,19H2,1H3. The maximum Gasteiger partial charge on any atom is 0.0334 e. The molecule has 0 aromatic rings. The van der Waals surface area contributed by atoms with Gasteiger partial charge in [-0.15, -0.1) is 0 Å². The lowest BCUT2D eigenvalue weighted by Gasteiger charge is -2.52. The fourth-order valence-electron chi connectivity index (χ4n) is 5.68. The van der Waals surface area contributed by atoms with E-state index in [0.717, 1.165) is 18.0 Å². The predicted molar refractivity (Wildman–Crippen MR) is 85.8 cm³/mol. The van der Waals surface area contributed by atoms with Crippen molar-refractivity contribution < 1.29 is 0 Å². The van der Waals surface area contributed by atoms with Gasteiger partial charge in [0.2, 0.25) is 0 Å². The Kier molecular flexibility index (Phi) is 4.42. The summed E-state index contributed by atoms with van der Waals surface area (Å²) < 4.78 is 0. The molecule has 0 amide bonds. The van der Waals surface area contributed by atoms with Crippen molar-refractivity contribution in [3.63, 3.8) is 0 Å². The highest BCUT2D eigenvalue weighted by molar-refractivity contribution is 5.03. The van der Waals surface area contributed by atoms with Crippen molar-refractivity contribution in [2.75, 3.05) is 13.1 Å². The van der Waals surface area contributed by atoms with Crippen LogP contribution in [0.25, 0.3) is 0 Å². The lowest BCUT2D eigenvalue weighted by Crippen LogP contribution is -2.59. The van der Waals surface area contributed by atoms with Gasteiger partial charge in [0.15, 0.2) is 0 Å². The zero-order valence-corrected chi connectivity index (χ0v) is 13.5. The molecular weight excluding hydrogens is 244 g/mol. The van der Waals surface area contributed by atoms with Crippen LogP contribution < -0.4 is 5.73 Å². The number of hydrogen-bond acceptors (Lipinski definition) is 2. The molecule has 3 aliphatic carbocycles. The number of rotatable bonds is 4. The smallest absolute Gasteiger partial charge is 0.0334 e. The van der Waals surface area contributed by atoms with E-state index in [0.29, 0.717) is 5.54 Å². The lowest BCUT2D eigenvalue weighted by molar-refractivity contribution is -0.00910. The third kappa shape index (κ3) is 2.54. The fourth-order valence-corrected chi connectivity index (χ4v) is 5.68. The highest BCUT2D eigenvalue weighted by Gasteiger charge is 2.47. The van der Waals surface area contributed by atoms with Crippen LogP contribution in [0.15, 0.2) is 0 Å². The first-order valence-electron chi connectivity index (χ1n) is 9.20. The fraction of sp³-hybridized carbons (Fsp3) is 1.00. The van der Waals surface area contributed by atoms with Gasteiger partial charge in [-0.1, -0.05) is 32.6 Å². The average molecular weight is 278 g/mol. The van der Waals surface area contributed by atoms with E-state index in [1.165, 1.54) is 83.6 Å². The van der Waals surface area contributed by atoms with E-state index in [9.17, 15) is 0 Å². The third-order valence-corrected chi connectivity index (χ3v) is 7.00. The molecule has 2 N–H and O–H groups in total. The molecule has 116 valence electrons. The Balaban J connectivity index is 1.71. The minimum atomic E-state index is 0.345. The van der Waals surface area contributed by atoms with Gasteiger partial charge in [-0.25, -0.2) is 0 Å². The summed E-state index contributed by atoms with van der Waals surface area (Å²) in [7, 11) is 0. The quantitative estimate of drug-likeness (QED) is 0.839. The van der Waals surface area contributed by atoms with Crippen LogP contribution in [0.5, 0.6) is 0 Å². The van der Waals surface area contributed by atoms with E-state index in [1.54, 1.807) is 0 Å². The zero-order chi connectivity index (χ0) is 14.1. The second-order valence-electron chi connectivity index (χ2n) is 7.86. The number of nitrogens with two attached hydrogens (primary N) is 1. The molecule has 0 unspecified atom stereocenters. The Morgan fingerprint density at radius 3 is 2.00 bits per heavy atom. The van der Waals surface area contributed by atoms with E-state index >= 15 is 0 Å². The van der Waals surface area contributed by atoms with Crippen LogP contribution in [0.2, 0.25) is 0 Å². The van der Waals surface area contributed by atoms with Crippen LogP contribution in [-0.2, 0) is 0 Å². The van der Waals surface area contributed by atoms with Crippen molar-refractivity contribution in [3.05, 3.63) is 0 Å². The van der Waals surface area contributed by atoms with Gasteiger partial charge in [-0.05, 0) is 63.3 Å². The minimum absolute atomic E-state index is 0.345. The van der Waals surface area contributed by atoms with Gasteiger partial charge in [0.1, 0.15) is 0 Å². The maximum atomic E-state index is 6.33. The molecule has 0 atom stereocenters. The van der Waals surface area contributed by atoms with Crippen LogP contribution in [0.1, 0.15) is 84.0 Å². The average Bonchev–Trinajstić information content (AvgIpc) is 3.15. The summed E-state index contributed by atoms with van der Waals surface area (Å²) in [5, 5.41) is 0. The second kappa shape index (κ2) is 5.96. The minimum Gasteiger partial charge on any atom is -0.329 e. The Morgan fingerprint density at radius 2 is 1.50 bits per heavy atom. The number of hydrogen-bond donors (Lipinski definition) is 1. The molecule has 3 saturated carbocycles. The van der Waals surface area contributed by atoms with E-state index in [-0.39, 0.29) is 0 Å². The highest BCUT2D eigenvalue weighted by Crippen LogP contribution is 2.52. The number of nitrogens with zero attached hydrogens (tertiary/aromatic N) is 1. The van der Waals surface area contributed by atoms with Crippen LogP contribution in [0.3, 0.4) is 0 Å². The molecule has 0 saturated heterocycles. The molecule has 0 radical (unpaired) electrons. The molecule has 3 rings (SSSR count). The molecule has 0 heterocycles. The normalized spacial score (nSPS) is 29.6. The van der Waals surface area contributed by atoms with Crippen LogP contribution >= 0.6 is 0 Å². The maximum absolute atomic E-state index is 6.33. The van der Waals surface area contributed by atoms with Crippen LogP contribution in [-0.4, -0.2) is 29.6 Å². The van der Waals surface area contributed by atoms with Crippen molar-refractivity contribution in [1.82, 2.24) is 4.90 Å². The molecule has 0 aromatic carbocycles. The monoisotopic (exact) mass is 278 g/mol. The molecule has 3 fully saturated rings. The Hall–Kier alpha value is -0.0800. The van der Waals surface area contributed by atoms with Crippen molar-refractivity contribution >= 4 is 0 Å². The summed E-state index contributed by atoms with van der Waals surface area (Å²) in [6.07, 6.45) is 17.3. The summed E-state index contributed by atoms with van der Waals surface area (Å²) >= 11 is 0. The topological polar surface area (TPSA) is 29.3 Å². The van der Waals surface area contributed by atoms with E-state index in [4.69, 9.17) is 5.73 Å². The highest BCUT2D eigenvalue weighted by atomic mass is 15.2. The van der Waals surface area contributed by atoms with Gasteiger partial charge in [-0.3, -0.25) is 4.90 Å². The first kappa shape index (κ1) is 14.8. The predicted octanol–water partition coefficient (Wildman–Crippen LogP) is 4.08. The molecule has 20 heavy (non-hydrogen) atoms. The number of likely N-dealkylation sites (N-methyl/N-ethyl adjacent to an activating group) is 1. The van der Waals surface area contributed by atoms with Crippen LogP contribution in [0.4, 0.5) is 0 Å². The molecule has 2 heteroatoms. The largest absolute Gasteiger partial charge is 0.329 e. The van der Waals surface area contributed by atoms with Gasteiger partial charge < -0.3 is 5.73 Å². The molecule has 0 aromatic heterocycles. The molecule has 1 spiro atoms. The molecular formula is C18H34N2. The zero-order valence-electron chi connectivity index (χ0n) is 13.5. The van der Waals surface area contributed by atoms with Gasteiger partial charge in [-0.2, -0.15) is 0 Å². The Bertz CT molecular complexity index is 303. The van der Waals surface area contributed by atoms with Crippen molar-refractivity contribution in [2.24, 2.45) is 11.1 Å². The SMILES string of the molecule is CCN(C1CCCC1)C1(CN)CCC2(CCCC2)CC1. The summed E-state index contributed by atoms with van der Waals surface area (Å²) in [5.41, 5.74) is 7.40. The first-order chi connectivity index (χ1) is 9.74. The Morgan fingerprint density at radius 1 is 0.900 bits per heavy atom. The molecule has 0 bridgehead atoms. The summed E-state index contributed by atoms with van der Waals surface area (Å²) in [4.78, 5) is 2.84. The second-order valence-corrected chi connectivity index (χ2v) is 7.86. The lowest BCUT2D eigenvalue weighted by atomic mass is 9.65. The van der Waals surface area contributed by atoms with Gasteiger partial charge >= 0.3 is 0 Å². The first-order valence-corrected chi connectivity index (χ1v) is 9.20. The van der Waals surface area contributed by atoms with Crippen molar-refractivity contribution in [2.45, 2.75) is 95.6 Å². The summed E-state index contributed by atoms with van der Waals surface area (Å²) in [6.45, 7) is 4.44. The Labute approximate surface area is 125 Å². The van der Waals surface area contributed by atoms with E-state index in [1.807, 2.05) is 0 Å². The van der Waals surface area contributed by atoms with Crippen LogP contribution in [0, 0.1) is 5.41 Å². The van der Waals surface area contributed by atoms with E-state index in [2.05, 4.69) is 11.8 Å². The summed E-state index contributed by atoms with van der Waals surface area (Å²) in [6, 6.07) is 0.834. The van der Waals surface area contributed by atoms with Gasteiger partial charge in [0.05, 0.1) is 0 Å². The molecule has 3 aliphatic rings. The van der Waals surface area contributed by atoms with Gasteiger partial charge in [0, 0.05) is 18.1 Å². The molecule has 0 aliphatic heterocycles. The van der Waals surface area contributed by atoms with Crippen molar-refractivity contribution in [1.29, 1.82) is 0 Å². The van der Waals surface area contributed by atoms with E-state index < -0.39 is 0 Å². The molecule has 2 nitrogen and oxygen atoms in total.